The predicted octanol–water partition coefficient (Wildman–Crippen LogP) is 3.43. The third-order valence-corrected chi connectivity index (χ3v) is 6.24. The summed E-state index contributed by atoms with van der Waals surface area (Å²) in [6.45, 7) is 7.84. The average Bonchev–Trinajstić information content (AvgIpc) is 3.07. The molecule has 0 fully saturated rings. The van der Waals surface area contributed by atoms with Gasteiger partial charge < -0.3 is 15.4 Å². The van der Waals surface area contributed by atoms with Gasteiger partial charge in [-0.2, -0.15) is 0 Å². The number of nitrogens with one attached hydrogen (secondary N) is 2. The fourth-order valence-electron chi connectivity index (χ4n) is 2.96. The number of nitrogens with zero attached hydrogens (tertiary/aromatic N) is 2. The van der Waals surface area contributed by atoms with Gasteiger partial charge in [0, 0.05) is 11.4 Å². The lowest BCUT2D eigenvalue weighted by atomic mass is 9.91. The maximum absolute atomic E-state index is 12.8. The van der Waals surface area contributed by atoms with Crippen LogP contribution in [-0.4, -0.2) is 34.6 Å². The Morgan fingerprint density at radius 3 is 2.75 bits per heavy atom. The number of hydrogen-bond donors (Lipinski definition) is 2. The zero-order chi connectivity index (χ0) is 20.3. The number of aryl methyl sites for hydroxylation is 3. The number of carbonyl (C=O) groups excluding carboxylic acids is 2. The van der Waals surface area contributed by atoms with E-state index in [1.807, 2.05) is 39.0 Å². The molecule has 3 rings (SSSR count). The van der Waals surface area contributed by atoms with E-state index in [9.17, 15) is 9.59 Å². The fraction of sp³-hybridized carbons (Fsp3) is 0.368. The average molecular weight is 419 g/mol. The van der Waals surface area contributed by atoms with Crippen LogP contribution in [-0.2, 0) is 9.53 Å². The van der Waals surface area contributed by atoms with Crippen LogP contribution in [0.3, 0.4) is 0 Å². The molecule has 0 saturated carbocycles. The summed E-state index contributed by atoms with van der Waals surface area (Å²) < 4.78 is 6.08. The van der Waals surface area contributed by atoms with Crippen molar-refractivity contribution in [2.75, 3.05) is 12.4 Å². The lowest BCUT2D eigenvalue weighted by molar-refractivity contribution is -0.139. The van der Waals surface area contributed by atoms with Crippen molar-refractivity contribution in [3.8, 4) is 0 Å². The van der Waals surface area contributed by atoms with Gasteiger partial charge in [0.2, 0.25) is 0 Å². The summed E-state index contributed by atoms with van der Waals surface area (Å²) in [5.41, 5.74) is 3.88. The molecule has 9 heteroatoms. The molecule has 148 valence electrons. The van der Waals surface area contributed by atoms with Gasteiger partial charge in [-0.25, -0.2) is 9.59 Å². The normalized spacial score (nSPS) is 16.6. The molecule has 2 aromatic rings. The molecular weight excluding hydrogens is 396 g/mol. The van der Waals surface area contributed by atoms with E-state index in [0.29, 0.717) is 17.0 Å². The largest absolute Gasteiger partial charge is 0.463 e. The van der Waals surface area contributed by atoms with E-state index >= 15 is 0 Å². The molecule has 2 N–H and O–H groups in total. The van der Waals surface area contributed by atoms with E-state index < -0.39 is 12.0 Å². The Labute approximate surface area is 172 Å². The minimum Gasteiger partial charge on any atom is -0.463 e. The second kappa shape index (κ2) is 8.74. The van der Waals surface area contributed by atoms with Crippen LogP contribution in [0.25, 0.3) is 0 Å². The van der Waals surface area contributed by atoms with Crippen LogP contribution >= 0.6 is 23.1 Å². The van der Waals surface area contributed by atoms with Gasteiger partial charge >= 0.3 is 12.0 Å². The number of thioether (sulfide) groups is 1. The Balaban J connectivity index is 2.02. The highest BCUT2D eigenvalue weighted by Gasteiger charge is 2.34. The monoisotopic (exact) mass is 418 g/mol. The third-order valence-electron chi connectivity index (χ3n) is 4.24. The summed E-state index contributed by atoms with van der Waals surface area (Å²) >= 11 is 2.90. The molecule has 28 heavy (non-hydrogen) atoms. The van der Waals surface area contributed by atoms with E-state index in [0.717, 1.165) is 26.0 Å². The highest BCUT2D eigenvalue weighted by Crippen LogP contribution is 2.33. The van der Waals surface area contributed by atoms with Gasteiger partial charge in [0.15, 0.2) is 4.34 Å². The molecule has 7 nitrogen and oxygen atoms in total. The number of ether oxygens (including phenoxy) is 1. The van der Waals surface area contributed by atoms with Crippen LogP contribution in [0, 0.1) is 20.8 Å². The third kappa shape index (κ3) is 4.53. The van der Waals surface area contributed by atoms with Crippen LogP contribution in [0.5, 0.6) is 0 Å². The highest BCUT2D eigenvalue weighted by atomic mass is 32.2. The summed E-state index contributed by atoms with van der Waals surface area (Å²) in [4.78, 5) is 25.2. The van der Waals surface area contributed by atoms with Crippen LogP contribution in [0.15, 0.2) is 33.8 Å². The Morgan fingerprint density at radius 2 is 2.07 bits per heavy atom. The first kappa shape index (κ1) is 20.3. The lowest BCUT2D eigenvalue weighted by Crippen LogP contribution is -2.46. The molecule has 2 amide bonds. The van der Waals surface area contributed by atoms with E-state index in [1.54, 1.807) is 6.92 Å². The predicted molar refractivity (Wildman–Crippen MR) is 109 cm³/mol. The smallest absolute Gasteiger partial charge is 0.338 e. The zero-order valence-electron chi connectivity index (χ0n) is 16.2. The summed E-state index contributed by atoms with van der Waals surface area (Å²) in [6.07, 6.45) is 0. The van der Waals surface area contributed by atoms with Gasteiger partial charge in [-0.05, 0) is 38.8 Å². The molecule has 0 saturated heterocycles. The number of carbonyl (C=O) groups is 2. The number of urea groups is 1. The molecule has 2 heterocycles. The molecule has 1 atom stereocenters. The molecule has 1 aliphatic rings. The number of amides is 2. The Hall–Kier alpha value is -2.39. The molecule has 1 aromatic heterocycles. The second-order valence-corrected chi connectivity index (χ2v) is 8.78. The van der Waals surface area contributed by atoms with Gasteiger partial charge in [-0.3, -0.25) is 0 Å². The summed E-state index contributed by atoms with van der Waals surface area (Å²) in [5.74, 6) is -0.0534. The minimum absolute atomic E-state index is 0.256. The Kier molecular flexibility index (Phi) is 6.35. The van der Waals surface area contributed by atoms with Gasteiger partial charge in [-0.1, -0.05) is 46.9 Å². The quantitative estimate of drug-likeness (QED) is 0.551. The second-order valence-electron chi connectivity index (χ2n) is 6.38. The minimum atomic E-state index is -0.570. The van der Waals surface area contributed by atoms with E-state index in [2.05, 4.69) is 20.8 Å². The number of esters is 1. The Morgan fingerprint density at radius 1 is 1.29 bits per heavy atom. The van der Waals surface area contributed by atoms with Crippen molar-refractivity contribution >= 4 is 35.1 Å². The van der Waals surface area contributed by atoms with Crippen LogP contribution in [0.1, 0.15) is 34.7 Å². The number of rotatable bonds is 6. The van der Waals surface area contributed by atoms with Crippen molar-refractivity contribution in [1.29, 1.82) is 0 Å². The van der Waals surface area contributed by atoms with Crippen LogP contribution in [0.2, 0.25) is 0 Å². The highest BCUT2D eigenvalue weighted by molar-refractivity contribution is 8.01. The van der Waals surface area contributed by atoms with Crippen molar-refractivity contribution in [3.63, 3.8) is 0 Å². The first-order valence-corrected chi connectivity index (χ1v) is 10.7. The summed E-state index contributed by atoms with van der Waals surface area (Å²) in [6, 6.07) is 5.07. The van der Waals surface area contributed by atoms with Gasteiger partial charge in [0.1, 0.15) is 5.01 Å². The topological polar surface area (TPSA) is 93.2 Å². The number of aromatic nitrogens is 2. The maximum atomic E-state index is 12.8. The van der Waals surface area contributed by atoms with E-state index in [1.165, 1.54) is 23.1 Å². The van der Waals surface area contributed by atoms with Gasteiger partial charge in [0.25, 0.3) is 0 Å². The molecule has 0 spiro atoms. The van der Waals surface area contributed by atoms with Crippen LogP contribution < -0.4 is 10.6 Å². The first-order chi connectivity index (χ1) is 13.4. The van der Waals surface area contributed by atoms with Gasteiger partial charge in [-0.15, -0.1) is 10.2 Å². The molecule has 0 bridgehead atoms. The fourth-order valence-corrected chi connectivity index (χ4v) is 4.74. The van der Waals surface area contributed by atoms with Crippen molar-refractivity contribution in [2.24, 2.45) is 0 Å². The lowest BCUT2D eigenvalue weighted by Gasteiger charge is -2.30. The molecule has 0 unspecified atom stereocenters. The molecular formula is C19H22N4O3S2. The summed E-state index contributed by atoms with van der Waals surface area (Å²) in [7, 11) is 0. The molecule has 0 aliphatic carbocycles. The molecule has 1 aliphatic heterocycles. The van der Waals surface area contributed by atoms with Gasteiger partial charge in [0.05, 0.1) is 18.2 Å². The Bertz CT molecular complexity index is 939. The molecule has 0 radical (unpaired) electrons. The van der Waals surface area contributed by atoms with Crippen molar-refractivity contribution in [2.45, 2.75) is 38.1 Å². The summed E-state index contributed by atoms with van der Waals surface area (Å²) in [5, 5.41) is 14.6. The first-order valence-electron chi connectivity index (χ1n) is 8.86. The van der Waals surface area contributed by atoms with E-state index in [4.69, 9.17) is 4.74 Å². The van der Waals surface area contributed by atoms with Crippen molar-refractivity contribution in [3.05, 3.63) is 51.2 Å². The zero-order valence-corrected chi connectivity index (χ0v) is 17.8. The van der Waals surface area contributed by atoms with Crippen molar-refractivity contribution < 1.29 is 14.3 Å². The van der Waals surface area contributed by atoms with Crippen LogP contribution in [0.4, 0.5) is 4.79 Å². The standard InChI is InChI=1S/C19H22N4O3S2/c1-5-26-17(24)15-14(9-27-19-23-22-12(4)28-19)20-18(25)21-16(15)13-8-10(2)6-7-11(13)3/h6-8,16H,5,9H2,1-4H3,(H2,20,21,25)/t16-/m1/s1. The van der Waals surface area contributed by atoms with E-state index in [-0.39, 0.29) is 12.6 Å². The maximum Gasteiger partial charge on any atom is 0.338 e. The molecule has 1 aromatic carbocycles. The number of hydrogen-bond acceptors (Lipinski definition) is 7. The SMILES string of the molecule is CCOC(=O)C1=C(CSc2nnc(C)s2)NC(=O)N[C@@H]1c1cc(C)ccc1C. The van der Waals surface area contributed by atoms with Crippen molar-refractivity contribution in [1.82, 2.24) is 20.8 Å². The number of benzene rings is 1.